The third kappa shape index (κ3) is 3.64. The van der Waals surface area contributed by atoms with Crippen LogP contribution in [0.5, 0.6) is 0 Å². The van der Waals surface area contributed by atoms with Gasteiger partial charge in [-0.3, -0.25) is 4.79 Å². The zero-order valence-electron chi connectivity index (χ0n) is 9.87. The molecule has 0 amide bonds. The molecule has 18 heavy (non-hydrogen) atoms. The van der Waals surface area contributed by atoms with E-state index in [9.17, 15) is 21.6 Å². The van der Waals surface area contributed by atoms with Crippen LogP contribution in [0, 0.1) is 0 Å². The van der Waals surface area contributed by atoms with Crippen LogP contribution in [-0.4, -0.2) is 68.6 Å². The summed E-state index contributed by atoms with van der Waals surface area (Å²) in [5, 5.41) is 8.87. The average molecular weight is 300 g/mol. The Bertz CT molecular complexity index is 540. The zero-order valence-corrected chi connectivity index (χ0v) is 11.5. The van der Waals surface area contributed by atoms with Crippen LogP contribution in [0.15, 0.2) is 0 Å². The van der Waals surface area contributed by atoms with Gasteiger partial charge in [-0.1, -0.05) is 0 Å². The minimum Gasteiger partial charge on any atom is -0.480 e. The lowest BCUT2D eigenvalue weighted by Crippen LogP contribution is -2.50. The number of sulfone groups is 1. The highest BCUT2D eigenvalue weighted by molar-refractivity contribution is 7.93. The first-order valence-electron chi connectivity index (χ1n) is 5.14. The first-order chi connectivity index (χ1) is 7.96. The van der Waals surface area contributed by atoms with E-state index in [1.54, 1.807) is 0 Å². The summed E-state index contributed by atoms with van der Waals surface area (Å²) >= 11 is 0. The maximum absolute atomic E-state index is 11.8. The van der Waals surface area contributed by atoms with Crippen LogP contribution in [0.1, 0.15) is 6.42 Å². The van der Waals surface area contributed by atoms with E-state index in [0.717, 1.165) is 10.6 Å². The summed E-state index contributed by atoms with van der Waals surface area (Å²) in [6, 6.07) is 0. The SMILES string of the molecule is CS(=O)(=O)CCS(=O)(=O)N1CCC(N)(C(=O)O)C1. The lowest BCUT2D eigenvalue weighted by Gasteiger charge is -2.19. The van der Waals surface area contributed by atoms with Gasteiger partial charge >= 0.3 is 5.97 Å². The van der Waals surface area contributed by atoms with Gasteiger partial charge in [-0.2, -0.15) is 4.31 Å². The highest BCUT2D eigenvalue weighted by atomic mass is 32.2. The Labute approximate surface area is 106 Å². The first kappa shape index (κ1) is 15.3. The largest absolute Gasteiger partial charge is 0.480 e. The highest BCUT2D eigenvalue weighted by Crippen LogP contribution is 2.22. The summed E-state index contributed by atoms with van der Waals surface area (Å²) in [5.41, 5.74) is 3.96. The number of carboxylic acid groups (broad SMARTS) is 1. The van der Waals surface area contributed by atoms with Gasteiger partial charge in [0.2, 0.25) is 10.0 Å². The molecule has 1 unspecified atom stereocenters. The fourth-order valence-corrected chi connectivity index (χ4v) is 4.70. The van der Waals surface area contributed by atoms with E-state index in [1.165, 1.54) is 0 Å². The summed E-state index contributed by atoms with van der Waals surface area (Å²) < 4.78 is 46.4. The van der Waals surface area contributed by atoms with Gasteiger partial charge in [0.25, 0.3) is 0 Å². The van der Waals surface area contributed by atoms with Crippen molar-refractivity contribution in [1.29, 1.82) is 0 Å². The van der Waals surface area contributed by atoms with Crippen LogP contribution in [0.2, 0.25) is 0 Å². The monoisotopic (exact) mass is 300 g/mol. The second kappa shape index (κ2) is 4.76. The molecule has 0 aromatic carbocycles. The molecule has 0 radical (unpaired) electrons. The fourth-order valence-electron chi connectivity index (χ4n) is 1.59. The number of nitrogens with zero attached hydrogens (tertiary/aromatic N) is 1. The molecule has 0 spiro atoms. The number of hydrogen-bond donors (Lipinski definition) is 2. The van der Waals surface area contributed by atoms with Crippen LogP contribution in [0.3, 0.4) is 0 Å². The summed E-state index contributed by atoms with van der Waals surface area (Å²) in [7, 11) is -7.17. The molecular weight excluding hydrogens is 284 g/mol. The molecule has 8 nitrogen and oxygen atoms in total. The molecule has 10 heteroatoms. The minimum absolute atomic E-state index is 0.00506. The number of aliphatic carboxylic acids is 1. The van der Waals surface area contributed by atoms with E-state index in [0.29, 0.717) is 0 Å². The van der Waals surface area contributed by atoms with Crippen LogP contribution in [-0.2, 0) is 24.7 Å². The number of carbonyl (C=O) groups is 1. The lowest BCUT2D eigenvalue weighted by atomic mass is 10.0. The second-order valence-electron chi connectivity index (χ2n) is 4.49. The maximum atomic E-state index is 11.8. The number of sulfonamides is 1. The third-order valence-corrected chi connectivity index (χ3v) is 5.82. The Hall–Kier alpha value is -0.710. The third-order valence-electron chi connectivity index (χ3n) is 2.80. The molecule has 1 heterocycles. The lowest BCUT2D eigenvalue weighted by molar-refractivity contribution is -0.142. The molecule has 3 N–H and O–H groups in total. The molecule has 0 bridgehead atoms. The van der Waals surface area contributed by atoms with Crippen molar-refractivity contribution in [2.75, 3.05) is 30.9 Å². The molecule has 1 aliphatic rings. The normalized spacial score (nSPS) is 26.3. The van der Waals surface area contributed by atoms with Crippen molar-refractivity contribution >= 4 is 25.8 Å². The van der Waals surface area contributed by atoms with Gasteiger partial charge < -0.3 is 10.8 Å². The molecule has 1 aliphatic heterocycles. The van der Waals surface area contributed by atoms with Gasteiger partial charge in [-0.05, 0) is 6.42 Å². The molecule has 0 aromatic heterocycles. The summed E-state index contributed by atoms with van der Waals surface area (Å²) in [6.45, 7) is -0.330. The summed E-state index contributed by atoms with van der Waals surface area (Å²) in [4.78, 5) is 10.9. The highest BCUT2D eigenvalue weighted by Gasteiger charge is 2.45. The van der Waals surface area contributed by atoms with Crippen LogP contribution < -0.4 is 5.73 Å². The Morgan fingerprint density at radius 1 is 1.33 bits per heavy atom. The maximum Gasteiger partial charge on any atom is 0.325 e. The number of nitrogens with two attached hydrogens (primary N) is 1. The molecule has 1 fully saturated rings. The van der Waals surface area contributed by atoms with Crippen LogP contribution in [0.25, 0.3) is 0 Å². The molecule has 106 valence electrons. The molecule has 0 saturated carbocycles. The topological polar surface area (TPSA) is 135 Å². The molecule has 1 atom stereocenters. The van der Waals surface area contributed by atoms with Gasteiger partial charge in [0.1, 0.15) is 15.4 Å². The minimum atomic E-state index is -3.79. The second-order valence-corrected chi connectivity index (χ2v) is 8.84. The molecule has 0 aliphatic carbocycles. The van der Waals surface area contributed by atoms with E-state index in [4.69, 9.17) is 10.8 Å². The van der Waals surface area contributed by atoms with Gasteiger partial charge in [0, 0.05) is 19.3 Å². The number of carboxylic acids is 1. The van der Waals surface area contributed by atoms with Gasteiger partial charge in [-0.15, -0.1) is 0 Å². The van der Waals surface area contributed by atoms with E-state index < -0.39 is 42.9 Å². The van der Waals surface area contributed by atoms with Crippen LogP contribution in [0.4, 0.5) is 0 Å². The molecule has 0 aromatic rings. The Balaban J connectivity index is 2.75. The van der Waals surface area contributed by atoms with Crippen molar-refractivity contribution < 1.29 is 26.7 Å². The Kier molecular flexibility index (Phi) is 4.06. The predicted octanol–water partition coefficient (Wildman–Crippen LogP) is -2.15. The van der Waals surface area contributed by atoms with Crippen molar-refractivity contribution in [3.63, 3.8) is 0 Å². The number of rotatable bonds is 5. The Morgan fingerprint density at radius 2 is 1.89 bits per heavy atom. The van der Waals surface area contributed by atoms with Crippen LogP contribution >= 0.6 is 0 Å². The fraction of sp³-hybridized carbons (Fsp3) is 0.875. The standard InChI is InChI=1S/C8H16N2O6S2/c1-17(13,14)4-5-18(15,16)10-3-2-8(9,6-10)7(11)12/h2-6,9H2,1H3,(H,11,12). The summed E-state index contributed by atoms with van der Waals surface area (Å²) in [6.07, 6.45) is 0.956. The van der Waals surface area contributed by atoms with Crippen molar-refractivity contribution in [2.45, 2.75) is 12.0 Å². The van der Waals surface area contributed by atoms with Crippen molar-refractivity contribution in [1.82, 2.24) is 4.31 Å². The van der Waals surface area contributed by atoms with Crippen molar-refractivity contribution in [3.05, 3.63) is 0 Å². The first-order valence-corrected chi connectivity index (χ1v) is 8.81. The number of hydrogen-bond acceptors (Lipinski definition) is 6. The van der Waals surface area contributed by atoms with E-state index >= 15 is 0 Å². The van der Waals surface area contributed by atoms with Gasteiger partial charge in [0.15, 0.2) is 0 Å². The molecule has 1 saturated heterocycles. The van der Waals surface area contributed by atoms with Gasteiger partial charge in [0.05, 0.1) is 11.5 Å². The average Bonchev–Trinajstić information content (AvgIpc) is 2.59. The van der Waals surface area contributed by atoms with Crippen molar-refractivity contribution in [3.8, 4) is 0 Å². The van der Waals surface area contributed by atoms with E-state index in [2.05, 4.69) is 0 Å². The summed E-state index contributed by atoms with van der Waals surface area (Å²) in [5.74, 6) is -2.30. The van der Waals surface area contributed by atoms with Gasteiger partial charge in [-0.25, -0.2) is 16.8 Å². The predicted molar refractivity (Wildman–Crippen MR) is 64.2 cm³/mol. The van der Waals surface area contributed by atoms with E-state index in [1.807, 2.05) is 0 Å². The smallest absolute Gasteiger partial charge is 0.325 e. The van der Waals surface area contributed by atoms with Crippen molar-refractivity contribution in [2.24, 2.45) is 5.73 Å². The molecule has 1 rings (SSSR count). The quantitative estimate of drug-likeness (QED) is 0.591. The Morgan fingerprint density at radius 3 is 2.28 bits per heavy atom. The zero-order chi connectivity index (χ0) is 14.2. The molecular formula is C8H16N2O6S2. The van der Waals surface area contributed by atoms with E-state index in [-0.39, 0.29) is 19.5 Å².